The first kappa shape index (κ1) is 13.4. The van der Waals surface area contributed by atoms with Crippen LogP contribution in [-0.2, 0) is 0 Å². The molecule has 4 heterocycles. The van der Waals surface area contributed by atoms with Crippen LogP contribution in [0, 0.1) is 5.92 Å². The molecule has 116 valence electrons. The van der Waals surface area contributed by atoms with E-state index in [0.29, 0.717) is 19.0 Å². The van der Waals surface area contributed by atoms with E-state index in [-0.39, 0.29) is 5.54 Å². The third-order valence-electron chi connectivity index (χ3n) is 5.28. The molecule has 1 spiro atoms. The quantitative estimate of drug-likeness (QED) is 0.840. The van der Waals surface area contributed by atoms with E-state index in [4.69, 9.17) is 0 Å². The average molecular weight is 301 g/mol. The number of nitrogens with one attached hydrogen (secondary N) is 1. The van der Waals surface area contributed by atoms with Crippen molar-refractivity contribution in [3.05, 3.63) is 18.6 Å². The van der Waals surface area contributed by atoms with Crippen molar-refractivity contribution in [2.75, 3.05) is 24.5 Å². The number of carboxylic acid groups (broad SMARTS) is 1. The normalized spacial score (nSPS) is 28.1. The van der Waals surface area contributed by atoms with Crippen molar-refractivity contribution in [1.29, 1.82) is 0 Å². The molecule has 2 aromatic rings. The van der Waals surface area contributed by atoms with E-state index in [9.17, 15) is 9.90 Å². The highest BCUT2D eigenvalue weighted by Crippen LogP contribution is 2.44. The minimum Gasteiger partial charge on any atom is -0.465 e. The number of aromatic amines is 1. The number of anilines is 1. The summed E-state index contributed by atoms with van der Waals surface area (Å²) in [6.45, 7) is 4.39. The fraction of sp³-hybridized carbons (Fsp3) is 0.533. The summed E-state index contributed by atoms with van der Waals surface area (Å²) in [5.74, 6) is 1.28. The van der Waals surface area contributed by atoms with Crippen LogP contribution in [0.2, 0.25) is 0 Å². The molecule has 7 heteroatoms. The molecule has 0 radical (unpaired) electrons. The monoisotopic (exact) mass is 301 g/mol. The highest BCUT2D eigenvalue weighted by Gasteiger charge is 2.55. The van der Waals surface area contributed by atoms with E-state index in [0.717, 1.165) is 36.2 Å². The molecule has 22 heavy (non-hydrogen) atoms. The largest absolute Gasteiger partial charge is 0.465 e. The van der Waals surface area contributed by atoms with Crippen molar-refractivity contribution in [1.82, 2.24) is 19.9 Å². The van der Waals surface area contributed by atoms with Gasteiger partial charge in [0, 0.05) is 25.8 Å². The van der Waals surface area contributed by atoms with Crippen LogP contribution in [-0.4, -0.2) is 56.2 Å². The van der Waals surface area contributed by atoms with Crippen LogP contribution in [0.4, 0.5) is 10.6 Å². The number of hydrogen-bond donors (Lipinski definition) is 2. The van der Waals surface area contributed by atoms with Gasteiger partial charge in [-0.2, -0.15) is 0 Å². The van der Waals surface area contributed by atoms with E-state index in [1.807, 2.05) is 12.3 Å². The third-order valence-corrected chi connectivity index (χ3v) is 5.28. The van der Waals surface area contributed by atoms with Gasteiger partial charge >= 0.3 is 6.09 Å². The smallest absolute Gasteiger partial charge is 0.407 e. The van der Waals surface area contributed by atoms with Gasteiger partial charge in [-0.25, -0.2) is 14.8 Å². The van der Waals surface area contributed by atoms with Gasteiger partial charge in [0.2, 0.25) is 0 Å². The van der Waals surface area contributed by atoms with E-state index >= 15 is 0 Å². The van der Waals surface area contributed by atoms with Crippen molar-refractivity contribution >= 4 is 22.9 Å². The summed E-state index contributed by atoms with van der Waals surface area (Å²) in [5.41, 5.74) is 0.555. The summed E-state index contributed by atoms with van der Waals surface area (Å²) >= 11 is 0. The van der Waals surface area contributed by atoms with Crippen molar-refractivity contribution in [3.63, 3.8) is 0 Å². The lowest BCUT2D eigenvalue weighted by Gasteiger charge is -2.60. The van der Waals surface area contributed by atoms with Crippen LogP contribution in [0.25, 0.3) is 11.0 Å². The fourth-order valence-corrected chi connectivity index (χ4v) is 4.03. The zero-order valence-electron chi connectivity index (χ0n) is 12.5. The SMILES string of the molecule is CC1CN(C(=O)O)C12CCCN(c1ncnc3[nH]ccc13)C2. The number of H-pyrrole nitrogens is 1. The number of hydrogen-bond acceptors (Lipinski definition) is 4. The summed E-state index contributed by atoms with van der Waals surface area (Å²) in [6.07, 6.45) is 4.52. The Labute approximate surface area is 128 Å². The van der Waals surface area contributed by atoms with E-state index in [1.165, 1.54) is 0 Å². The van der Waals surface area contributed by atoms with Gasteiger partial charge in [0.05, 0.1) is 10.9 Å². The molecular weight excluding hydrogens is 282 g/mol. The van der Waals surface area contributed by atoms with Gasteiger partial charge in [-0.1, -0.05) is 6.92 Å². The highest BCUT2D eigenvalue weighted by atomic mass is 16.4. The summed E-state index contributed by atoms with van der Waals surface area (Å²) in [7, 11) is 0. The topological polar surface area (TPSA) is 85.3 Å². The summed E-state index contributed by atoms with van der Waals surface area (Å²) in [5, 5.41) is 10.4. The number of piperidine rings is 1. The Bertz CT molecular complexity index is 730. The first-order chi connectivity index (χ1) is 10.6. The number of likely N-dealkylation sites (tertiary alicyclic amines) is 1. The van der Waals surface area contributed by atoms with Gasteiger partial charge in [0.1, 0.15) is 17.8 Å². The Morgan fingerprint density at radius 3 is 3.14 bits per heavy atom. The Balaban J connectivity index is 1.69. The predicted octanol–water partition coefficient (Wildman–Crippen LogP) is 1.93. The fourth-order valence-electron chi connectivity index (χ4n) is 4.03. The molecule has 2 fully saturated rings. The number of nitrogens with zero attached hydrogens (tertiary/aromatic N) is 4. The summed E-state index contributed by atoms with van der Waals surface area (Å²) in [4.78, 5) is 27.1. The Morgan fingerprint density at radius 2 is 2.36 bits per heavy atom. The van der Waals surface area contributed by atoms with Crippen molar-refractivity contribution in [2.45, 2.75) is 25.3 Å². The average Bonchev–Trinajstić information content (AvgIpc) is 3.00. The Morgan fingerprint density at radius 1 is 1.50 bits per heavy atom. The molecule has 7 nitrogen and oxygen atoms in total. The molecule has 2 aromatic heterocycles. The zero-order chi connectivity index (χ0) is 15.3. The van der Waals surface area contributed by atoms with Gasteiger partial charge in [0.15, 0.2) is 0 Å². The number of amides is 1. The third kappa shape index (κ3) is 1.71. The second-order valence-corrected chi connectivity index (χ2v) is 6.36. The maximum Gasteiger partial charge on any atom is 0.407 e. The molecule has 2 aliphatic rings. The molecule has 0 bridgehead atoms. The molecule has 2 N–H and O–H groups in total. The molecule has 0 saturated carbocycles. The lowest BCUT2D eigenvalue weighted by Crippen LogP contribution is -2.73. The molecular formula is C15H19N5O2. The molecule has 2 atom stereocenters. The maximum absolute atomic E-state index is 11.5. The van der Waals surface area contributed by atoms with Crippen LogP contribution in [0.15, 0.2) is 18.6 Å². The van der Waals surface area contributed by atoms with Gasteiger partial charge < -0.3 is 19.9 Å². The summed E-state index contributed by atoms with van der Waals surface area (Å²) in [6, 6.07) is 1.98. The van der Waals surface area contributed by atoms with Crippen LogP contribution in [0.5, 0.6) is 0 Å². The van der Waals surface area contributed by atoms with Crippen LogP contribution >= 0.6 is 0 Å². The molecule has 0 aromatic carbocycles. The van der Waals surface area contributed by atoms with Crippen molar-refractivity contribution in [2.24, 2.45) is 5.92 Å². The molecule has 2 aliphatic heterocycles. The minimum atomic E-state index is -0.811. The zero-order valence-corrected chi connectivity index (χ0v) is 12.5. The van der Waals surface area contributed by atoms with Crippen LogP contribution in [0.3, 0.4) is 0 Å². The lowest BCUT2D eigenvalue weighted by atomic mass is 9.70. The lowest BCUT2D eigenvalue weighted by molar-refractivity contribution is -0.0605. The number of rotatable bonds is 1. The molecule has 4 rings (SSSR count). The standard InChI is InChI=1S/C15H19N5O2/c1-10-7-20(14(21)22)15(10)4-2-6-19(8-15)13-11-3-5-16-12(11)17-9-18-13/h3,5,9-10H,2,4,6-8H2,1H3,(H,21,22)(H,16,17,18). The molecule has 2 unspecified atom stereocenters. The second-order valence-electron chi connectivity index (χ2n) is 6.36. The summed E-state index contributed by atoms with van der Waals surface area (Å²) < 4.78 is 0. The highest BCUT2D eigenvalue weighted by molar-refractivity contribution is 5.87. The molecule has 0 aliphatic carbocycles. The number of aromatic nitrogens is 3. The molecule has 2 saturated heterocycles. The van der Waals surface area contributed by atoms with E-state index < -0.39 is 6.09 Å². The number of fused-ring (bicyclic) bond motifs is 1. The van der Waals surface area contributed by atoms with Crippen molar-refractivity contribution < 1.29 is 9.90 Å². The van der Waals surface area contributed by atoms with Gasteiger partial charge in [-0.15, -0.1) is 0 Å². The van der Waals surface area contributed by atoms with Crippen LogP contribution in [0.1, 0.15) is 19.8 Å². The van der Waals surface area contributed by atoms with E-state index in [2.05, 4.69) is 26.8 Å². The predicted molar refractivity (Wildman–Crippen MR) is 82.0 cm³/mol. The van der Waals surface area contributed by atoms with Crippen molar-refractivity contribution in [3.8, 4) is 0 Å². The first-order valence-corrected chi connectivity index (χ1v) is 7.65. The molecule has 1 amide bonds. The van der Waals surface area contributed by atoms with Crippen LogP contribution < -0.4 is 4.90 Å². The first-order valence-electron chi connectivity index (χ1n) is 7.65. The Hall–Kier alpha value is -2.31. The van der Waals surface area contributed by atoms with Gasteiger partial charge in [-0.05, 0) is 24.8 Å². The number of carbonyl (C=O) groups is 1. The Kier molecular flexibility index (Phi) is 2.79. The van der Waals surface area contributed by atoms with Gasteiger partial charge in [0.25, 0.3) is 0 Å². The second kappa shape index (κ2) is 4.59. The van der Waals surface area contributed by atoms with E-state index in [1.54, 1.807) is 11.2 Å². The minimum absolute atomic E-state index is 0.266. The van der Waals surface area contributed by atoms with Gasteiger partial charge in [-0.3, -0.25) is 0 Å². The maximum atomic E-state index is 11.5.